The van der Waals surface area contributed by atoms with Crippen LogP contribution in [0.3, 0.4) is 0 Å². The molecule has 0 saturated carbocycles. The molecule has 0 aliphatic carbocycles. The van der Waals surface area contributed by atoms with Gasteiger partial charge in [0.1, 0.15) is 11.4 Å². The first-order valence-corrected chi connectivity index (χ1v) is 6.77. The van der Waals surface area contributed by atoms with Gasteiger partial charge in [0.2, 0.25) is 0 Å². The molecule has 110 valence electrons. The van der Waals surface area contributed by atoms with Gasteiger partial charge in [-0.1, -0.05) is 23.2 Å². The SMILES string of the molecule is COc1ccc(Cl)cc1CNc1ccc(Cl)cc1[N+](=O)[O-]. The minimum absolute atomic E-state index is 0.0801. The van der Waals surface area contributed by atoms with Crippen LogP contribution in [0.2, 0.25) is 10.0 Å². The zero-order chi connectivity index (χ0) is 15.4. The van der Waals surface area contributed by atoms with Crippen molar-refractivity contribution < 1.29 is 9.66 Å². The van der Waals surface area contributed by atoms with Crippen LogP contribution in [0.25, 0.3) is 0 Å². The Morgan fingerprint density at radius 3 is 2.52 bits per heavy atom. The van der Waals surface area contributed by atoms with E-state index in [9.17, 15) is 10.1 Å². The number of hydrogen-bond acceptors (Lipinski definition) is 4. The lowest BCUT2D eigenvalue weighted by atomic mass is 10.2. The highest BCUT2D eigenvalue weighted by molar-refractivity contribution is 6.31. The van der Waals surface area contributed by atoms with Crippen molar-refractivity contribution in [3.05, 3.63) is 62.1 Å². The van der Waals surface area contributed by atoms with Gasteiger partial charge in [0.05, 0.1) is 12.0 Å². The Hall–Kier alpha value is -1.98. The standard InChI is InChI=1S/C14H12Cl2N2O3/c1-21-14-5-3-10(15)6-9(14)8-17-12-4-2-11(16)7-13(12)18(19)20/h2-7,17H,8H2,1H3. The Labute approximate surface area is 131 Å². The third kappa shape index (κ3) is 3.77. The number of hydrogen-bond donors (Lipinski definition) is 1. The molecule has 2 aromatic rings. The Balaban J connectivity index is 2.24. The van der Waals surface area contributed by atoms with Crippen LogP contribution in [0.1, 0.15) is 5.56 Å². The summed E-state index contributed by atoms with van der Waals surface area (Å²) in [4.78, 5) is 10.5. The van der Waals surface area contributed by atoms with Crippen molar-refractivity contribution in [1.29, 1.82) is 0 Å². The molecule has 0 spiro atoms. The summed E-state index contributed by atoms with van der Waals surface area (Å²) in [7, 11) is 1.55. The maximum Gasteiger partial charge on any atom is 0.293 e. The average molecular weight is 327 g/mol. The number of ether oxygens (including phenoxy) is 1. The van der Waals surface area contributed by atoms with Crippen LogP contribution in [0.4, 0.5) is 11.4 Å². The van der Waals surface area contributed by atoms with Gasteiger partial charge in [0.15, 0.2) is 0 Å². The van der Waals surface area contributed by atoms with Gasteiger partial charge in [-0.2, -0.15) is 0 Å². The molecular formula is C14H12Cl2N2O3. The molecule has 5 nitrogen and oxygen atoms in total. The smallest absolute Gasteiger partial charge is 0.293 e. The second-order valence-electron chi connectivity index (χ2n) is 4.23. The van der Waals surface area contributed by atoms with Crippen LogP contribution in [-0.2, 0) is 6.54 Å². The van der Waals surface area contributed by atoms with Crippen molar-refractivity contribution in [3.63, 3.8) is 0 Å². The van der Waals surface area contributed by atoms with Gasteiger partial charge in [0, 0.05) is 28.2 Å². The molecule has 0 radical (unpaired) electrons. The Kier molecular flexibility index (Phi) is 4.88. The van der Waals surface area contributed by atoms with Crippen molar-refractivity contribution in [3.8, 4) is 5.75 Å². The number of anilines is 1. The molecule has 0 fully saturated rings. The van der Waals surface area contributed by atoms with Crippen molar-refractivity contribution in [1.82, 2.24) is 0 Å². The van der Waals surface area contributed by atoms with E-state index in [0.29, 0.717) is 28.0 Å². The summed E-state index contributed by atoms with van der Waals surface area (Å²) in [5.74, 6) is 0.656. The van der Waals surface area contributed by atoms with Gasteiger partial charge in [-0.15, -0.1) is 0 Å². The molecule has 2 aromatic carbocycles. The van der Waals surface area contributed by atoms with Gasteiger partial charge in [0.25, 0.3) is 5.69 Å². The molecule has 0 amide bonds. The summed E-state index contributed by atoms with van der Waals surface area (Å²) in [6, 6.07) is 9.67. The summed E-state index contributed by atoms with van der Waals surface area (Å²) in [5, 5.41) is 14.9. The number of methoxy groups -OCH3 is 1. The summed E-state index contributed by atoms with van der Waals surface area (Å²) in [5.41, 5.74) is 1.10. The van der Waals surface area contributed by atoms with Gasteiger partial charge in [-0.25, -0.2) is 0 Å². The van der Waals surface area contributed by atoms with Crippen LogP contribution in [0, 0.1) is 10.1 Å². The first-order chi connectivity index (χ1) is 10.0. The third-order valence-electron chi connectivity index (χ3n) is 2.87. The molecule has 0 unspecified atom stereocenters. The highest BCUT2D eigenvalue weighted by Gasteiger charge is 2.14. The van der Waals surface area contributed by atoms with Crippen LogP contribution in [-0.4, -0.2) is 12.0 Å². The number of rotatable bonds is 5. The average Bonchev–Trinajstić information content (AvgIpc) is 2.46. The van der Waals surface area contributed by atoms with Crippen molar-refractivity contribution in [2.24, 2.45) is 0 Å². The van der Waals surface area contributed by atoms with E-state index in [1.165, 1.54) is 6.07 Å². The summed E-state index contributed by atoms with van der Waals surface area (Å²) < 4.78 is 5.23. The molecule has 0 aromatic heterocycles. The fourth-order valence-corrected chi connectivity index (χ4v) is 2.24. The van der Waals surface area contributed by atoms with Crippen LogP contribution in [0.15, 0.2) is 36.4 Å². The first kappa shape index (κ1) is 15.4. The molecule has 21 heavy (non-hydrogen) atoms. The third-order valence-corrected chi connectivity index (χ3v) is 3.34. The zero-order valence-electron chi connectivity index (χ0n) is 11.1. The lowest BCUT2D eigenvalue weighted by Gasteiger charge is -2.11. The number of nitro groups is 1. The molecule has 1 N–H and O–H groups in total. The van der Waals surface area contributed by atoms with Gasteiger partial charge in [-0.3, -0.25) is 10.1 Å². The molecule has 0 bridgehead atoms. The van der Waals surface area contributed by atoms with Gasteiger partial charge in [-0.05, 0) is 30.3 Å². The molecule has 0 atom stereocenters. The fourth-order valence-electron chi connectivity index (χ4n) is 1.88. The van der Waals surface area contributed by atoms with Crippen LogP contribution >= 0.6 is 23.2 Å². The Morgan fingerprint density at radius 1 is 1.19 bits per heavy atom. The summed E-state index contributed by atoms with van der Waals surface area (Å²) in [6.45, 7) is 0.339. The summed E-state index contributed by atoms with van der Waals surface area (Å²) in [6.07, 6.45) is 0. The predicted molar refractivity (Wildman–Crippen MR) is 83.4 cm³/mol. The normalized spacial score (nSPS) is 10.2. The minimum Gasteiger partial charge on any atom is -0.496 e. The van der Waals surface area contributed by atoms with Gasteiger partial charge >= 0.3 is 0 Å². The number of nitrogens with one attached hydrogen (secondary N) is 1. The number of nitro benzene ring substituents is 1. The molecular weight excluding hydrogens is 315 g/mol. The maximum absolute atomic E-state index is 11.0. The molecule has 7 heteroatoms. The highest BCUT2D eigenvalue weighted by atomic mass is 35.5. The van der Waals surface area contributed by atoms with Crippen LogP contribution < -0.4 is 10.1 Å². The van der Waals surface area contributed by atoms with Gasteiger partial charge < -0.3 is 10.1 Å². The number of nitrogens with zero attached hydrogens (tertiary/aromatic N) is 1. The molecule has 0 aliphatic heterocycles. The van der Waals surface area contributed by atoms with Crippen LogP contribution in [0.5, 0.6) is 5.75 Å². The quantitative estimate of drug-likeness (QED) is 0.648. The molecule has 0 heterocycles. The van der Waals surface area contributed by atoms with E-state index in [0.717, 1.165) is 5.56 Å². The second kappa shape index (κ2) is 6.65. The molecule has 2 rings (SSSR count). The molecule has 0 aliphatic rings. The van der Waals surface area contributed by atoms with E-state index in [-0.39, 0.29) is 5.69 Å². The van der Waals surface area contributed by atoms with E-state index in [1.54, 1.807) is 37.4 Å². The first-order valence-electron chi connectivity index (χ1n) is 6.01. The summed E-state index contributed by atoms with van der Waals surface area (Å²) >= 11 is 11.7. The minimum atomic E-state index is -0.483. The highest BCUT2D eigenvalue weighted by Crippen LogP contribution is 2.29. The van der Waals surface area contributed by atoms with Crippen molar-refractivity contribution in [2.75, 3.05) is 12.4 Å². The largest absolute Gasteiger partial charge is 0.496 e. The second-order valence-corrected chi connectivity index (χ2v) is 5.10. The van der Waals surface area contributed by atoms with Crippen molar-refractivity contribution >= 4 is 34.6 Å². The Morgan fingerprint density at radius 2 is 1.86 bits per heavy atom. The lowest BCUT2D eigenvalue weighted by molar-refractivity contribution is -0.383. The lowest BCUT2D eigenvalue weighted by Crippen LogP contribution is -2.04. The Bertz CT molecular complexity index is 677. The van der Waals surface area contributed by atoms with E-state index in [4.69, 9.17) is 27.9 Å². The predicted octanol–water partition coefficient (Wildman–Crippen LogP) is 4.52. The fraction of sp³-hybridized carbons (Fsp3) is 0.143. The van der Waals surface area contributed by atoms with E-state index < -0.39 is 4.92 Å². The van der Waals surface area contributed by atoms with E-state index in [2.05, 4.69) is 5.32 Å². The number of benzene rings is 2. The molecule has 0 saturated heterocycles. The van der Waals surface area contributed by atoms with E-state index >= 15 is 0 Å². The zero-order valence-corrected chi connectivity index (χ0v) is 12.6. The van der Waals surface area contributed by atoms with E-state index in [1.807, 2.05) is 0 Å². The van der Waals surface area contributed by atoms with Crippen molar-refractivity contribution in [2.45, 2.75) is 6.54 Å². The monoisotopic (exact) mass is 326 g/mol. The number of halogens is 2. The topological polar surface area (TPSA) is 64.4 Å². The maximum atomic E-state index is 11.0.